The number of benzene rings is 1. The second-order valence-electron chi connectivity index (χ2n) is 7.61. The van der Waals surface area contributed by atoms with Gasteiger partial charge < -0.3 is 24.3 Å². The summed E-state index contributed by atoms with van der Waals surface area (Å²) in [6, 6.07) is 0.459. The van der Waals surface area contributed by atoms with E-state index in [9.17, 15) is 5.02 Å². The summed E-state index contributed by atoms with van der Waals surface area (Å²) in [4.78, 5) is 16.6. The minimum Gasteiger partial charge on any atom is -0.437 e. The van der Waals surface area contributed by atoms with Gasteiger partial charge in [0.05, 0.1) is 16.5 Å². The Morgan fingerprint density at radius 2 is 2.25 bits per heavy atom. The summed E-state index contributed by atoms with van der Waals surface area (Å²) in [5, 5.41) is 10.6. The number of rotatable bonds is 3. The number of nitrogens with zero attached hydrogens (tertiary/aromatic N) is 5. The molecule has 5 rings (SSSR count). The largest absolute Gasteiger partial charge is 0.437 e. The SMILES string of the molecule is [C-]#[N+]CC1OCc2c(Br)c(F)c3ncnc(N4C[C@H]5C[C@@H]4CN5B(C)O)c3c21. The van der Waals surface area contributed by atoms with E-state index in [-0.39, 0.29) is 30.8 Å². The molecule has 0 amide bonds. The number of aromatic nitrogens is 2. The average Bonchev–Trinajstić information content (AvgIpc) is 3.40. The van der Waals surface area contributed by atoms with Crippen LogP contribution < -0.4 is 4.90 Å². The molecule has 2 saturated heterocycles. The molecule has 10 heteroatoms. The van der Waals surface area contributed by atoms with Gasteiger partial charge in [-0.15, -0.1) is 0 Å². The summed E-state index contributed by atoms with van der Waals surface area (Å²) in [6.45, 7) is 11.0. The number of ether oxygens (including phenoxy) is 1. The minimum absolute atomic E-state index is 0.177. The van der Waals surface area contributed by atoms with Crippen LogP contribution in [0.1, 0.15) is 23.7 Å². The van der Waals surface area contributed by atoms with Crippen LogP contribution in [0.15, 0.2) is 10.8 Å². The lowest BCUT2D eigenvalue weighted by atomic mass is 9.84. The summed E-state index contributed by atoms with van der Waals surface area (Å²) < 4.78 is 21.2. The van der Waals surface area contributed by atoms with Crippen molar-refractivity contribution in [3.05, 3.63) is 39.2 Å². The van der Waals surface area contributed by atoms with Crippen molar-refractivity contribution in [3.63, 3.8) is 0 Å². The Hall–Kier alpha value is -1.80. The van der Waals surface area contributed by atoms with E-state index in [0.29, 0.717) is 15.7 Å². The summed E-state index contributed by atoms with van der Waals surface area (Å²) in [5.74, 6) is 0.283. The Labute approximate surface area is 170 Å². The molecular formula is C18H18BBrFN5O2. The molecule has 0 saturated carbocycles. The standard InChI is InChI=1S/C18H18BBrFN5O2/c1-19(27)26-6-9-3-10(26)5-25(9)18-14-13-11(7-28-12(13)4-22-2)15(20)16(21)17(14)23-8-24-18/h8-10,12,27H,3-7H2,1H3/t9-,10-,12?/m1/s1. The van der Waals surface area contributed by atoms with Crippen LogP contribution in [-0.4, -0.2) is 58.6 Å². The first-order chi connectivity index (χ1) is 13.5. The van der Waals surface area contributed by atoms with Gasteiger partial charge in [-0.1, -0.05) is 0 Å². The lowest BCUT2D eigenvalue weighted by Gasteiger charge is -2.36. The molecule has 1 unspecified atom stereocenters. The highest BCUT2D eigenvalue weighted by Crippen LogP contribution is 2.46. The normalized spacial score (nSPS) is 26.1. The molecule has 0 aliphatic carbocycles. The zero-order valence-electron chi connectivity index (χ0n) is 15.3. The summed E-state index contributed by atoms with van der Waals surface area (Å²) in [6.07, 6.45) is 1.93. The topological polar surface area (TPSA) is 66.1 Å². The van der Waals surface area contributed by atoms with Gasteiger partial charge in [-0.3, -0.25) is 0 Å². The average molecular weight is 446 g/mol. The van der Waals surface area contributed by atoms with Crippen molar-refractivity contribution >= 4 is 39.7 Å². The van der Waals surface area contributed by atoms with Crippen LogP contribution in [0.2, 0.25) is 6.82 Å². The van der Waals surface area contributed by atoms with Gasteiger partial charge in [0, 0.05) is 36.3 Å². The first-order valence-corrected chi connectivity index (χ1v) is 10.1. The van der Waals surface area contributed by atoms with E-state index < -0.39 is 19.0 Å². The first-order valence-electron chi connectivity index (χ1n) is 9.31. The van der Waals surface area contributed by atoms with Crippen LogP contribution in [0.3, 0.4) is 0 Å². The molecule has 2 fully saturated rings. The lowest BCUT2D eigenvalue weighted by Crippen LogP contribution is -2.51. The van der Waals surface area contributed by atoms with Crippen molar-refractivity contribution in [2.75, 3.05) is 24.5 Å². The van der Waals surface area contributed by atoms with Crippen LogP contribution in [-0.2, 0) is 11.3 Å². The van der Waals surface area contributed by atoms with E-state index in [0.717, 1.165) is 30.6 Å². The molecule has 28 heavy (non-hydrogen) atoms. The van der Waals surface area contributed by atoms with E-state index in [1.165, 1.54) is 6.33 Å². The Balaban J connectivity index is 1.67. The first kappa shape index (κ1) is 18.2. The van der Waals surface area contributed by atoms with E-state index in [1.54, 1.807) is 6.82 Å². The third kappa shape index (κ3) is 2.50. The number of halogens is 2. The third-order valence-electron chi connectivity index (χ3n) is 6.13. The zero-order chi connectivity index (χ0) is 19.6. The molecule has 144 valence electrons. The maximum absolute atomic E-state index is 15.1. The number of anilines is 1. The second kappa shape index (κ2) is 6.63. The summed E-state index contributed by atoms with van der Waals surface area (Å²) in [5.41, 5.74) is 1.82. The smallest absolute Gasteiger partial charge is 0.376 e. The van der Waals surface area contributed by atoms with Gasteiger partial charge in [0.25, 0.3) is 0 Å². The molecule has 7 nitrogen and oxygen atoms in total. The molecule has 1 aromatic carbocycles. The third-order valence-corrected chi connectivity index (χ3v) is 6.96. The Kier molecular flexibility index (Phi) is 4.32. The van der Waals surface area contributed by atoms with E-state index in [2.05, 4.69) is 40.5 Å². The predicted molar refractivity (Wildman–Crippen MR) is 106 cm³/mol. The predicted octanol–water partition coefficient (Wildman–Crippen LogP) is 2.40. The molecule has 4 heterocycles. The molecule has 3 aliphatic rings. The molecule has 0 spiro atoms. The molecular weight excluding hydrogens is 428 g/mol. The Bertz CT molecular complexity index is 1020. The van der Waals surface area contributed by atoms with Gasteiger partial charge in [-0.25, -0.2) is 20.9 Å². The van der Waals surface area contributed by atoms with Crippen molar-refractivity contribution < 1.29 is 14.2 Å². The highest BCUT2D eigenvalue weighted by molar-refractivity contribution is 9.10. The van der Waals surface area contributed by atoms with Crippen molar-refractivity contribution in [1.82, 2.24) is 14.8 Å². The maximum atomic E-state index is 15.1. The molecule has 3 aliphatic heterocycles. The fourth-order valence-corrected chi connectivity index (χ4v) is 5.44. The van der Waals surface area contributed by atoms with Gasteiger partial charge in [0.15, 0.2) is 11.9 Å². The number of hydrogen-bond donors (Lipinski definition) is 1. The minimum atomic E-state index is -0.478. The quantitative estimate of drug-likeness (QED) is 0.578. The fraction of sp³-hybridized carbons (Fsp3) is 0.500. The molecule has 0 radical (unpaired) electrons. The highest BCUT2D eigenvalue weighted by atomic mass is 79.9. The number of piperazine rings is 1. The van der Waals surface area contributed by atoms with Crippen LogP contribution in [0.25, 0.3) is 15.7 Å². The second-order valence-corrected chi connectivity index (χ2v) is 8.40. The van der Waals surface area contributed by atoms with Crippen LogP contribution >= 0.6 is 15.9 Å². The van der Waals surface area contributed by atoms with Crippen molar-refractivity contribution in [3.8, 4) is 0 Å². The van der Waals surface area contributed by atoms with Gasteiger partial charge in [-0.05, 0) is 29.2 Å². The monoisotopic (exact) mass is 445 g/mol. The lowest BCUT2D eigenvalue weighted by molar-refractivity contribution is 0.0778. The molecule has 2 bridgehead atoms. The Morgan fingerprint density at radius 3 is 2.93 bits per heavy atom. The fourth-order valence-electron chi connectivity index (χ4n) is 4.92. The van der Waals surface area contributed by atoms with Gasteiger partial charge in [-0.2, -0.15) is 0 Å². The molecule has 1 N–H and O–H groups in total. The van der Waals surface area contributed by atoms with Crippen molar-refractivity contribution in [1.29, 1.82) is 0 Å². The number of hydrogen-bond acceptors (Lipinski definition) is 6. The van der Waals surface area contributed by atoms with Gasteiger partial charge >= 0.3 is 7.05 Å². The van der Waals surface area contributed by atoms with Crippen molar-refractivity contribution in [2.45, 2.75) is 38.0 Å². The molecule has 2 aromatic rings. The number of fused-ring (bicyclic) bond motifs is 5. The summed E-state index contributed by atoms with van der Waals surface area (Å²) >= 11 is 3.35. The molecule has 3 atom stereocenters. The molecule has 1 aromatic heterocycles. The van der Waals surface area contributed by atoms with Gasteiger partial charge in [0.2, 0.25) is 6.54 Å². The highest BCUT2D eigenvalue weighted by Gasteiger charge is 2.47. The van der Waals surface area contributed by atoms with Gasteiger partial charge in [0.1, 0.15) is 17.7 Å². The van der Waals surface area contributed by atoms with E-state index in [1.807, 2.05) is 0 Å². The summed E-state index contributed by atoms with van der Waals surface area (Å²) in [7, 11) is -0.478. The van der Waals surface area contributed by atoms with Crippen molar-refractivity contribution in [2.24, 2.45) is 0 Å². The van der Waals surface area contributed by atoms with Crippen LogP contribution in [0, 0.1) is 12.4 Å². The maximum Gasteiger partial charge on any atom is 0.376 e. The van der Waals surface area contributed by atoms with E-state index >= 15 is 4.39 Å². The Morgan fingerprint density at radius 1 is 1.43 bits per heavy atom. The van der Waals surface area contributed by atoms with E-state index in [4.69, 9.17) is 11.3 Å². The van der Waals surface area contributed by atoms with Crippen LogP contribution in [0.5, 0.6) is 0 Å². The van der Waals surface area contributed by atoms with Crippen LogP contribution in [0.4, 0.5) is 10.2 Å². The zero-order valence-corrected chi connectivity index (χ0v) is 16.9.